The maximum absolute atomic E-state index is 12.8. The fourth-order valence-corrected chi connectivity index (χ4v) is 2.88. The molecule has 0 aromatic heterocycles. The summed E-state index contributed by atoms with van der Waals surface area (Å²) in [5, 5.41) is 2.48. The van der Waals surface area contributed by atoms with E-state index in [-0.39, 0.29) is 11.3 Å². The molecule has 27 heavy (non-hydrogen) atoms. The Balaban J connectivity index is 1.75. The smallest absolute Gasteiger partial charge is 0.306 e. The maximum atomic E-state index is 12.8. The van der Waals surface area contributed by atoms with E-state index in [0.717, 1.165) is 5.56 Å². The predicted octanol–water partition coefficient (Wildman–Crippen LogP) is 1.85. The Labute approximate surface area is 156 Å². The first-order chi connectivity index (χ1) is 12.8. The van der Waals surface area contributed by atoms with Gasteiger partial charge in [0.2, 0.25) is 10.0 Å². The molecule has 9 heteroatoms. The number of hydrogen-bond acceptors (Lipinski definition) is 5. The summed E-state index contributed by atoms with van der Waals surface area (Å²) < 4.78 is 43.2. The van der Waals surface area contributed by atoms with Crippen molar-refractivity contribution in [2.75, 3.05) is 19.0 Å². The first-order valence-electron chi connectivity index (χ1n) is 8.04. The average molecular weight is 394 g/mol. The van der Waals surface area contributed by atoms with Crippen molar-refractivity contribution in [3.8, 4) is 0 Å². The molecule has 0 aliphatic rings. The van der Waals surface area contributed by atoms with E-state index in [1.54, 1.807) is 12.1 Å². The van der Waals surface area contributed by atoms with Crippen molar-refractivity contribution in [2.24, 2.45) is 0 Å². The molecule has 0 unspecified atom stereocenters. The Morgan fingerprint density at radius 3 is 2.26 bits per heavy atom. The number of sulfonamides is 1. The lowest BCUT2D eigenvalue weighted by Gasteiger charge is -2.07. The van der Waals surface area contributed by atoms with Crippen molar-refractivity contribution < 1.29 is 27.1 Å². The molecule has 0 saturated heterocycles. The first-order valence-corrected chi connectivity index (χ1v) is 9.52. The number of benzene rings is 2. The zero-order valence-electron chi connectivity index (χ0n) is 14.6. The number of hydrogen-bond donors (Lipinski definition) is 2. The van der Waals surface area contributed by atoms with Crippen LogP contribution in [0, 0.1) is 5.82 Å². The van der Waals surface area contributed by atoms with Crippen LogP contribution >= 0.6 is 0 Å². The van der Waals surface area contributed by atoms with Crippen molar-refractivity contribution in [3.05, 3.63) is 59.9 Å². The van der Waals surface area contributed by atoms with Crippen LogP contribution in [0.2, 0.25) is 0 Å². The van der Waals surface area contributed by atoms with Crippen LogP contribution in [0.5, 0.6) is 0 Å². The molecule has 144 valence electrons. The second-order valence-electron chi connectivity index (χ2n) is 5.57. The van der Waals surface area contributed by atoms with Gasteiger partial charge in [-0.05, 0) is 55.4 Å². The minimum absolute atomic E-state index is 0.0436. The Bertz CT molecular complexity index is 896. The van der Waals surface area contributed by atoms with Crippen molar-refractivity contribution in [1.82, 2.24) is 4.72 Å². The van der Waals surface area contributed by atoms with Gasteiger partial charge in [0.15, 0.2) is 6.61 Å². The van der Waals surface area contributed by atoms with E-state index >= 15 is 0 Å². The molecule has 2 aromatic carbocycles. The number of amides is 1. The van der Waals surface area contributed by atoms with Crippen LogP contribution in [0.4, 0.5) is 10.1 Å². The summed E-state index contributed by atoms with van der Waals surface area (Å²) in [6.07, 6.45) is 0.389. The molecule has 0 saturated carbocycles. The van der Waals surface area contributed by atoms with E-state index in [0.29, 0.717) is 12.1 Å². The second-order valence-corrected chi connectivity index (χ2v) is 7.45. The monoisotopic (exact) mass is 394 g/mol. The zero-order chi connectivity index (χ0) is 19.9. The predicted molar refractivity (Wildman–Crippen MR) is 97.0 cm³/mol. The standard InChI is InChI=1S/C18H19FN2O5S/c1-20-27(24,25)16-9-2-13(3-10-16)4-11-18(23)26-12-17(22)21-15-7-5-14(19)6-8-15/h2-3,5-10,20H,4,11-12H2,1H3,(H,21,22). The summed E-state index contributed by atoms with van der Waals surface area (Å²) in [5.41, 5.74) is 1.16. The normalized spacial score (nSPS) is 11.0. The van der Waals surface area contributed by atoms with E-state index in [9.17, 15) is 22.4 Å². The molecular weight excluding hydrogens is 375 g/mol. The molecule has 0 aliphatic carbocycles. The summed E-state index contributed by atoms with van der Waals surface area (Å²) in [7, 11) is -2.17. The number of carbonyl (C=O) groups excluding carboxylic acids is 2. The van der Waals surface area contributed by atoms with Crippen LogP contribution in [-0.4, -0.2) is 33.9 Å². The van der Waals surface area contributed by atoms with Gasteiger partial charge in [-0.25, -0.2) is 17.5 Å². The summed E-state index contributed by atoms with van der Waals surface area (Å²) in [6.45, 7) is -0.449. The largest absolute Gasteiger partial charge is 0.456 e. The van der Waals surface area contributed by atoms with Crippen LogP contribution in [-0.2, 0) is 30.8 Å². The molecule has 0 atom stereocenters. The summed E-state index contributed by atoms with van der Waals surface area (Å²) in [6, 6.07) is 11.3. The Hall–Kier alpha value is -2.78. The summed E-state index contributed by atoms with van der Waals surface area (Å²) >= 11 is 0. The highest BCUT2D eigenvalue weighted by Crippen LogP contribution is 2.12. The minimum Gasteiger partial charge on any atom is -0.456 e. The summed E-state index contributed by atoms with van der Waals surface area (Å²) in [4.78, 5) is 23.6. The van der Waals surface area contributed by atoms with Gasteiger partial charge >= 0.3 is 5.97 Å². The zero-order valence-corrected chi connectivity index (χ0v) is 15.4. The summed E-state index contributed by atoms with van der Waals surface area (Å²) in [5.74, 6) is -1.51. The molecule has 2 N–H and O–H groups in total. The quantitative estimate of drug-likeness (QED) is 0.666. The molecule has 2 rings (SSSR count). The van der Waals surface area contributed by atoms with Gasteiger partial charge in [0.25, 0.3) is 5.91 Å². The van der Waals surface area contributed by atoms with Gasteiger partial charge in [-0.15, -0.1) is 0 Å². The number of nitrogens with one attached hydrogen (secondary N) is 2. The molecule has 7 nitrogen and oxygen atoms in total. The molecule has 0 spiro atoms. The maximum Gasteiger partial charge on any atom is 0.306 e. The fraction of sp³-hybridized carbons (Fsp3) is 0.222. The third-order valence-corrected chi connectivity index (χ3v) is 5.04. The molecule has 2 aromatic rings. The van der Waals surface area contributed by atoms with Gasteiger partial charge in [-0.2, -0.15) is 0 Å². The third-order valence-electron chi connectivity index (χ3n) is 3.61. The molecule has 0 fully saturated rings. The Morgan fingerprint density at radius 2 is 1.67 bits per heavy atom. The van der Waals surface area contributed by atoms with E-state index in [1.807, 2.05) is 0 Å². The van der Waals surface area contributed by atoms with E-state index in [4.69, 9.17) is 4.74 Å². The van der Waals surface area contributed by atoms with Crippen LogP contribution < -0.4 is 10.0 Å². The highest BCUT2D eigenvalue weighted by Gasteiger charge is 2.12. The molecule has 0 aliphatic heterocycles. The Kier molecular flexibility index (Phi) is 7.03. The number of esters is 1. The highest BCUT2D eigenvalue weighted by molar-refractivity contribution is 7.89. The fourth-order valence-electron chi connectivity index (χ4n) is 2.15. The SMILES string of the molecule is CNS(=O)(=O)c1ccc(CCC(=O)OCC(=O)Nc2ccc(F)cc2)cc1. The number of carbonyl (C=O) groups is 2. The van der Waals surface area contributed by atoms with Crippen molar-refractivity contribution in [3.63, 3.8) is 0 Å². The van der Waals surface area contributed by atoms with Crippen LogP contribution in [0.3, 0.4) is 0 Å². The number of ether oxygens (including phenoxy) is 1. The van der Waals surface area contributed by atoms with Crippen molar-refractivity contribution in [2.45, 2.75) is 17.7 Å². The number of aryl methyl sites for hydroxylation is 1. The van der Waals surface area contributed by atoms with Crippen molar-refractivity contribution in [1.29, 1.82) is 0 Å². The molecule has 0 radical (unpaired) electrons. The lowest BCUT2D eigenvalue weighted by atomic mass is 10.1. The molecule has 0 bridgehead atoms. The Morgan fingerprint density at radius 1 is 1.04 bits per heavy atom. The van der Waals surface area contributed by atoms with Crippen molar-refractivity contribution >= 4 is 27.6 Å². The highest BCUT2D eigenvalue weighted by atomic mass is 32.2. The molecule has 0 heterocycles. The number of rotatable bonds is 8. The van der Waals surface area contributed by atoms with E-state index in [2.05, 4.69) is 10.0 Å². The lowest BCUT2D eigenvalue weighted by molar-refractivity contribution is -0.147. The van der Waals surface area contributed by atoms with Crippen LogP contribution in [0.25, 0.3) is 0 Å². The van der Waals surface area contributed by atoms with Crippen LogP contribution in [0.1, 0.15) is 12.0 Å². The van der Waals surface area contributed by atoms with Gasteiger partial charge in [0, 0.05) is 12.1 Å². The van der Waals surface area contributed by atoms with Gasteiger partial charge in [-0.3, -0.25) is 9.59 Å². The van der Waals surface area contributed by atoms with E-state index < -0.39 is 34.3 Å². The topological polar surface area (TPSA) is 102 Å². The van der Waals surface area contributed by atoms with Gasteiger partial charge in [0.05, 0.1) is 4.90 Å². The third kappa shape index (κ3) is 6.46. The minimum atomic E-state index is -3.50. The number of anilines is 1. The molecular formula is C18H19FN2O5S. The van der Waals surface area contributed by atoms with Crippen LogP contribution in [0.15, 0.2) is 53.4 Å². The average Bonchev–Trinajstić information content (AvgIpc) is 2.67. The van der Waals surface area contributed by atoms with E-state index in [1.165, 1.54) is 43.4 Å². The van der Waals surface area contributed by atoms with Gasteiger partial charge in [0.1, 0.15) is 5.82 Å². The number of halogens is 1. The molecule has 1 amide bonds. The lowest BCUT2D eigenvalue weighted by Crippen LogP contribution is -2.21. The van der Waals surface area contributed by atoms with Gasteiger partial charge < -0.3 is 10.1 Å². The first kappa shape index (κ1) is 20.5. The second kappa shape index (κ2) is 9.24. The van der Waals surface area contributed by atoms with Gasteiger partial charge in [-0.1, -0.05) is 12.1 Å².